The number of hydrogen-bond donors (Lipinski definition) is 1. The van der Waals surface area contributed by atoms with Crippen molar-refractivity contribution in [2.24, 2.45) is 0 Å². The van der Waals surface area contributed by atoms with Gasteiger partial charge in [0, 0.05) is 24.3 Å². The molecule has 1 atom stereocenters. The predicted molar refractivity (Wildman–Crippen MR) is 143 cm³/mol. The number of carbonyl (C=O) groups is 2. The Balaban J connectivity index is 1.23. The molecule has 2 fully saturated rings. The standard InChI is InChI=1S/C27H29N3O5S2/c31-25-19-36-27(30(25)18-23-6-5-17-35-23)21-9-7-20(8-10-21)26(32)28-22-11-13-24(14-12-22)37(33,34)29-15-3-1-2-4-16-29/h5-14,17,27H,1-4,15-16,18-19H2,(H,28,32)/t27-/m1/s1. The van der Waals surface area contributed by atoms with Crippen LogP contribution in [0, 0.1) is 0 Å². The average Bonchev–Trinajstić information content (AvgIpc) is 3.45. The Bertz CT molecular complexity index is 1330. The molecule has 37 heavy (non-hydrogen) atoms. The van der Waals surface area contributed by atoms with Crippen LogP contribution in [0.5, 0.6) is 0 Å². The van der Waals surface area contributed by atoms with Crippen molar-refractivity contribution in [2.75, 3.05) is 24.2 Å². The lowest BCUT2D eigenvalue weighted by Gasteiger charge is -2.23. The number of sulfonamides is 1. The minimum atomic E-state index is -3.54. The van der Waals surface area contributed by atoms with E-state index in [4.69, 9.17) is 4.42 Å². The molecule has 2 aliphatic rings. The van der Waals surface area contributed by atoms with Gasteiger partial charge in [-0.05, 0) is 66.9 Å². The molecule has 2 amide bonds. The van der Waals surface area contributed by atoms with Crippen molar-refractivity contribution in [1.82, 2.24) is 9.21 Å². The second-order valence-corrected chi connectivity index (χ2v) is 12.2. The Morgan fingerprint density at radius 2 is 1.68 bits per heavy atom. The van der Waals surface area contributed by atoms with Crippen LogP contribution in [-0.4, -0.2) is 48.3 Å². The summed E-state index contributed by atoms with van der Waals surface area (Å²) in [6.07, 6.45) is 5.46. The molecular formula is C27H29N3O5S2. The molecule has 0 saturated carbocycles. The number of thioether (sulfide) groups is 1. The zero-order valence-electron chi connectivity index (χ0n) is 20.3. The zero-order valence-corrected chi connectivity index (χ0v) is 22.0. The molecule has 0 radical (unpaired) electrons. The highest BCUT2D eigenvalue weighted by Crippen LogP contribution is 2.39. The van der Waals surface area contributed by atoms with Gasteiger partial charge in [-0.3, -0.25) is 9.59 Å². The van der Waals surface area contributed by atoms with Crippen LogP contribution in [0.2, 0.25) is 0 Å². The van der Waals surface area contributed by atoms with Gasteiger partial charge in [-0.1, -0.05) is 25.0 Å². The third-order valence-corrected chi connectivity index (χ3v) is 9.82. The summed E-state index contributed by atoms with van der Waals surface area (Å²) in [7, 11) is -3.54. The van der Waals surface area contributed by atoms with E-state index < -0.39 is 10.0 Å². The molecular weight excluding hydrogens is 510 g/mol. The minimum absolute atomic E-state index is 0.0505. The Kier molecular flexibility index (Phi) is 7.68. The lowest BCUT2D eigenvalue weighted by atomic mass is 10.1. The monoisotopic (exact) mass is 539 g/mol. The molecule has 1 N–H and O–H groups in total. The average molecular weight is 540 g/mol. The maximum atomic E-state index is 13.0. The van der Waals surface area contributed by atoms with Gasteiger partial charge >= 0.3 is 0 Å². The summed E-state index contributed by atoms with van der Waals surface area (Å²) < 4.78 is 32.9. The van der Waals surface area contributed by atoms with Gasteiger partial charge in [0.1, 0.15) is 11.1 Å². The van der Waals surface area contributed by atoms with Crippen LogP contribution in [0.15, 0.2) is 76.2 Å². The first-order valence-corrected chi connectivity index (χ1v) is 14.9. The van der Waals surface area contributed by atoms with Crippen molar-refractivity contribution in [2.45, 2.75) is 42.5 Å². The quantitative estimate of drug-likeness (QED) is 0.460. The number of carbonyl (C=O) groups excluding carboxylic acids is 2. The summed E-state index contributed by atoms with van der Waals surface area (Å²) in [6.45, 7) is 1.49. The second kappa shape index (κ2) is 11.1. The summed E-state index contributed by atoms with van der Waals surface area (Å²) in [6, 6.07) is 17.1. The van der Waals surface area contributed by atoms with Gasteiger partial charge in [-0.15, -0.1) is 11.8 Å². The molecule has 0 bridgehead atoms. The lowest BCUT2D eigenvalue weighted by Crippen LogP contribution is -2.31. The first-order valence-electron chi connectivity index (χ1n) is 12.4. The highest BCUT2D eigenvalue weighted by atomic mass is 32.2. The van der Waals surface area contributed by atoms with Crippen LogP contribution in [0.3, 0.4) is 0 Å². The zero-order chi connectivity index (χ0) is 25.8. The van der Waals surface area contributed by atoms with Crippen molar-refractivity contribution < 1.29 is 22.4 Å². The molecule has 5 rings (SSSR count). The SMILES string of the molecule is O=C(Nc1ccc(S(=O)(=O)N2CCCCCC2)cc1)c1ccc([C@H]2SCC(=O)N2Cc2ccco2)cc1. The van der Waals surface area contributed by atoms with E-state index in [0.717, 1.165) is 37.0 Å². The molecule has 8 nitrogen and oxygen atoms in total. The lowest BCUT2D eigenvalue weighted by molar-refractivity contribution is -0.128. The molecule has 0 unspecified atom stereocenters. The minimum Gasteiger partial charge on any atom is -0.467 e. The normalized spacial score (nSPS) is 19.1. The van der Waals surface area contributed by atoms with E-state index in [1.54, 1.807) is 69.7 Å². The second-order valence-electron chi connectivity index (χ2n) is 9.18. The van der Waals surface area contributed by atoms with Crippen molar-refractivity contribution in [1.29, 1.82) is 0 Å². The summed E-state index contributed by atoms with van der Waals surface area (Å²) in [4.78, 5) is 27.2. The van der Waals surface area contributed by atoms with Gasteiger partial charge < -0.3 is 14.6 Å². The van der Waals surface area contributed by atoms with Gasteiger partial charge in [0.2, 0.25) is 15.9 Å². The van der Waals surface area contributed by atoms with Crippen molar-refractivity contribution in [3.8, 4) is 0 Å². The number of nitrogens with one attached hydrogen (secondary N) is 1. The van der Waals surface area contributed by atoms with Gasteiger partial charge in [-0.25, -0.2) is 8.42 Å². The van der Waals surface area contributed by atoms with E-state index in [9.17, 15) is 18.0 Å². The smallest absolute Gasteiger partial charge is 0.255 e. The fraction of sp³-hybridized carbons (Fsp3) is 0.333. The Labute approximate surface area is 221 Å². The molecule has 1 aromatic heterocycles. The van der Waals surface area contributed by atoms with Crippen molar-refractivity contribution >= 4 is 39.3 Å². The van der Waals surface area contributed by atoms with Crippen LogP contribution in [0.25, 0.3) is 0 Å². The van der Waals surface area contributed by atoms with E-state index in [0.29, 0.717) is 36.6 Å². The van der Waals surface area contributed by atoms with E-state index in [1.807, 2.05) is 18.2 Å². The van der Waals surface area contributed by atoms with E-state index in [2.05, 4.69) is 5.32 Å². The van der Waals surface area contributed by atoms with E-state index in [1.165, 1.54) is 0 Å². The van der Waals surface area contributed by atoms with Crippen LogP contribution < -0.4 is 5.32 Å². The van der Waals surface area contributed by atoms with Gasteiger partial charge in [0.15, 0.2) is 0 Å². The molecule has 2 aromatic carbocycles. The summed E-state index contributed by atoms with van der Waals surface area (Å²) >= 11 is 1.55. The number of furan rings is 1. The van der Waals surface area contributed by atoms with Crippen molar-refractivity contribution in [3.63, 3.8) is 0 Å². The fourth-order valence-corrected chi connectivity index (χ4v) is 7.32. The van der Waals surface area contributed by atoms with E-state index in [-0.39, 0.29) is 22.1 Å². The topological polar surface area (TPSA) is 99.9 Å². The van der Waals surface area contributed by atoms with E-state index >= 15 is 0 Å². The van der Waals surface area contributed by atoms with Gasteiger partial charge in [0.05, 0.1) is 23.5 Å². The largest absolute Gasteiger partial charge is 0.467 e. The number of amides is 2. The Hall–Kier alpha value is -3.08. The molecule has 0 spiro atoms. The van der Waals surface area contributed by atoms with Gasteiger partial charge in [0.25, 0.3) is 5.91 Å². The summed E-state index contributed by atoms with van der Waals surface area (Å²) in [5.41, 5.74) is 1.92. The predicted octanol–water partition coefficient (Wildman–Crippen LogP) is 4.87. The molecule has 194 valence electrons. The molecule has 3 aromatic rings. The number of rotatable bonds is 7. The van der Waals surface area contributed by atoms with Crippen LogP contribution in [-0.2, 0) is 21.4 Å². The number of benzene rings is 2. The van der Waals surface area contributed by atoms with Crippen LogP contribution >= 0.6 is 11.8 Å². The molecule has 2 aliphatic heterocycles. The first kappa shape index (κ1) is 25.6. The number of hydrogen-bond acceptors (Lipinski definition) is 6. The Morgan fingerprint density at radius 3 is 2.32 bits per heavy atom. The summed E-state index contributed by atoms with van der Waals surface area (Å²) in [5, 5.41) is 2.69. The van der Waals surface area contributed by atoms with Gasteiger partial charge in [-0.2, -0.15) is 4.31 Å². The van der Waals surface area contributed by atoms with Crippen molar-refractivity contribution in [3.05, 3.63) is 83.8 Å². The molecule has 0 aliphatic carbocycles. The number of nitrogens with zero attached hydrogens (tertiary/aromatic N) is 2. The maximum absolute atomic E-state index is 13.0. The van der Waals surface area contributed by atoms with Crippen LogP contribution in [0.4, 0.5) is 5.69 Å². The molecule has 2 saturated heterocycles. The number of anilines is 1. The molecule has 3 heterocycles. The fourth-order valence-electron chi connectivity index (χ4n) is 4.62. The first-order chi connectivity index (χ1) is 17.9. The Morgan fingerprint density at radius 1 is 0.973 bits per heavy atom. The third-order valence-electron chi connectivity index (χ3n) is 6.65. The highest BCUT2D eigenvalue weighted by Gasteiger charge is 2.33. The summed E-state index contributed by atoms with van der Waals surface area (Å²) in [5.74, 6) is 0.880. The maximum Gasteiger partial charge on any atom is 0.255 e. The van der Waals surface area contributed by atoms with Crippen LogP contribution in [0.1, 0.15) is 52.7 Å². The highest BCUT2D eigenvalue weighted by molar-refractivity contribution is 8.00. The third kappa shape index (κ3) is 5.76. The molecule has 10 heteroatoms.